The minimum Gasteiger partial charge on any atom is -0.222 e. The molecule has 1 N–H and O–H groups in total. The zero-order valence-electron chi connectivity index (χ0n) is 3.66. The topological polar surface area (TPSA) is 23.9 Å². The van der Waals surface area contributed by atoms with Gasteiger partial charge in [-0.15, -0.1) is 7.77 Å². The Kier molecular flexibility index (Phi) is 26.4. The molecule has 0 fully saturated rings. The Morgan fingerprint density at radius 3 is 1.17 bits per heavy atom. The summed E-state index contributed by atoms with van der Waals surface area (Å²) in [7, 11) is 0. The van der Waals surface area contributed by atoms with E-state index in [1.807, 2.05) is 0 Å². The van der Waals surface area contributed by atoms with Crippen molar-refractivity contribution in [2.24, 2.45) is 0 Å². The quantitative estimate of drug-likeness (QED) is 0.459. The number of hydrogen-bond acceptors (Lipinski definition) is 1. The van der Waals surface area contributed by atoms with Crippen LogP contribution in [0.25, 0.3) is 0 Å². The summed E-state index contributed by atoms with van der Waals surface area (Å²) in [5, 5.41) is 0. The molecule has 0 saturated heterocycles. The minimum atomic E-state index is -3.11. The first-order valence-electron chi connectivity index (χ1n) is 0.513. The van der Waals surface area contributed by atoms with Crippen LogP contribution in [0.3, 0.4) is 0 Å². The van der Waals surface area contributed by atoms with Crippen molar-refractivity contribution in [2.75, 3.05) is 0 Å². The first-order chi connectivity index (χ1) is 1.73. The van der Waals surface area contributed by atoms with E-state index < -0.39 is 11.5 Å². The van der Waals surface area contributed by atoms with Crippen LogP contribution in [0.2, 0.25) is 0 Å². The molecule has 0 aromatic heterocycles. The molecule has 0 amide bonds. The van der Waals surface area contributed by atoms with Crippen LogP contribution in [0.4, 0.5) is 7.77 Å². The average Bonchev–Trinajstić information content (AvgIpc) is 0.811. The van der Waals surface area contributed by atoms with Crippen molar-refractivity contribution in [3.8, 4) is 0 Å². The Labute approximate surface area is 81.9 Å². The molecule has 6 heteroatoms. The molecule has 0 aromatic carbocycles. The van der Waals surface area contributed by atoms with E-state index in [9.17, 15) is 7.77 Å². The van der Waals surface area contributed by atoms with Gasteiger partial charge in [-0.25, -0.2) is 4.78 Å². The summed E-state index contributed by atoms with van der Waals surface area (Å²) in [5.41, 5.74) is 0. The fourth-order valence-electron chi connectivity index (χ4n) is 0. The summed E-state index contributed by atoms with van der Waals surface area (Å²) in [4.78, 5) is 0. The predicted octanol–water partition coefficient (Wildman–Crippen LogP) is 0.374. The number of rotatable bonds is 0. The molecule has 0 aliphatic rings. The summed E-state index contributed by atoms with van der Waals surface area (Å²) in [6, 6.07) is 0. The summed E-state index contributed by atoms with van der Waals surface area (Å²) in [5.74, 6) is 0. The van der Waals surface area contributed by atoms with Gasteiger partial charge in [0.05, 0.1) is 0 Å². The molecule has 0 heterocycles. The fraction of sp³-hybridized carbons (Fsp3) is 0. The van der Waals surface area contributed by atoms with Crippen LogP contribution < -0.4 is 0 Å². The van der Waals surface area contributed by atoms with Crippen molar-refractivity contribution >= 4 is 70.6 Å². The van der Waals surface area contributed by atoms with Gasteiger partial charge in [-0.1, -0.05) is 0 Å². The van der Waals surface area contributed by atoms with E-state index in [-0.39, 0.29) is 59.1 Å². The van der Waals surface area contributed by atoms with Crippen LogP contribution in [0.5, 0.6) is 0 Å². The first-order valence-corrected chi connectivity index (χ1v) is 1.54. The monoisotopic (exact) mass is 131 g/mol. The van der Waals surface area contributed by atoms with Crippen molar-refractivity contribution in [1.82, 2.24) is 0 Å². The third-order valence-corrected chi connectivity index (χ3v) is 0. The van der Waals surface area contributed by atoms with Crippen molar-refractivity contribution < 1.29 is 7.77 Å². The zero-order chi connectivity index (χ0) is 3.58. The van der Waals surface area contributed by atoms with E-state index >= 15 is 0 Å². The fourth-order valence-corrected chi connectivity index (χ4v) is 0. The van der Waals surface area contributed by atoms with Crippen LogP contribution >= 0.6 is 0 Å². The largest absolute Gasteiger partial charge is 0.258 e. The van der Waals surface area contributed by atoms with E-state index in [0.29, 0.717) is 0 Å². The standard InChI is InChI=1S/F2HNS.2Na/c1-4(2)3;;/h3H;;. The average molecular weight is 131 g/mol. The van der Waals surface area contributed by atoms with Gasteiger partial charge in [0.2, 0.25) is 0 Å². The van der Waals surface area contributed by atoms with Gasteiger partial charge in [0, 0.05) is 59.1 Å². The number of halogens is 2. The molecule has 0 atom stereocenters. The maximum Gasteiger partial charge on any atom is 0.258 e. The third kappa shape index (κ3) is 37.3. The van der Waals surface area contributed by atoms with Gasteiger partial charge in [-0.2, -0.15) is 0 Å². The van der Waals surface area contributed by atoms with Gasteiger partial charge in [0.1, 0.15) is 0 Å². The van der Waals surface area contributed by atoms with Gasteiger partial charge < -0.3 is 0 Å². The third-order valence-electron chi connectivity index (χ3n) is 0. The molecule has 28 valence electrons. The smallest absolute Gasteiger partial charge is 0.222 e. The maximum absolute atomic E-state index is 10.0. The summed E-state index contributed by atoms with van der Waals surface area (Å²) in [6.07, 6.45) is 0. The molecule has 0 spiro atoms. The van der Waals surface area contributed by atoms with Crippen molar-refractivity contribution in [3.63, 3.8) is 0 Å². The van der Waals surface area contributed by atoms with Gasteiger partial charge in [-0.05, 0) is 0 Å². The molecular formula is HF2NNa2S. The molecule has 0 saturated carbocycles. The molecule has 0 bridgehead atoms. The minimum absolute atomic E-state index is 0. The molecule has 2 radical (unpaired) electrons. The number of hydrogen-bond donors (Lipinski definition) is 1. The Morgan fingerprint density at radius 2 is 1.17 bits per heavy atom. The Bertz CT molecular complexity index is 34.5. The van der Waals surface area contributed by atoms with Crippen LogP contribution in [-0.2, 0) is 11.5 Å². The van der Waals surface area contributed by atoms with Gasteiger partial charge in [0.15, 0.2) is 0 Å². The van der Waals surface area contributed by atoms with E-state index in [1.165, 1.54) is 0 Å². The predicted molar refractivity (Wildman–Crippen MR) is 23.8 cm³/mol. The van der Waals surface area contributed by atoms with E-state index in [1.54, 1.807) is 0 Å². The molecule has 6 heavy (non-hydrogen) atoms. The van der Waals surface area contributed by atoms with E-state index in [4.69, 9.17) is 4.78 Å². The molecule has 1 nitrogen and oxygen atoms in total. The van der Waals surface area contributed by atoms with E-state index in [2.05, 4.69) is 0 Å². The van der Waals surface area contributed by atoms with Gasteiger partial charge in [0.25, 0.3) is 11.5 Å². The summed E-state index contributed by atoms with van der Waals surface area (Å²) >= 11 is -3.11. The van der Waals surface area contributed by atoms with Crippen LogP contribution in [-0.4, -0.2) is 59.1 Å². The van der Waals surface area contributed by atoms with E-state index in [0.717, 1.165) is 0 Å². The van der Waals surface area contributed by atoms with Crippen LogP contribution in [0, 0.1) is 4.78 Å². The number of nitrogens with one attached hydrogen (secondary N) is 1. The van der Waals surface area contributed by atoms with Crippen LogP contribution in [0.15, 0.2) is 0 Å². The molecule has 0 aliphatic carbocycles. The second-order valence-corrected chi connectivity index (χ2v) is 0.638. The molecule has 0 unspecified atom stereocenters. The normalized spacial score (nSPS) is 5.83. The Morgan fingerprint density at radius 1 is 1.17 bits per heavy atom. The SMILES string of the molecule is N=S(F)F.[Na].[Na]. The molecule has 0 rings (SSSR count). The first kappa shape index (κ1) is 15.7. The van der Waals surface area contributed by atoms with Crippen molar-refractivity contribution in [1.29, 1.82) is 4.78 Å². The maximum atomic E-state index is 10.0. The Balaban J connectivity index is -0.0000000450. The van der Waals surface area contributed by atoms with Gasteiger partial charge in [-0.3, -0.25) is 0 Å². The second kappa shape index (κ2) is 10.1. The summed E-state index contributed by atoms with van der Waals surface area (Å²) < 4.78 is 25.3. The molecular weight excluding hydrogens is 130 g/mol. The molecule has 0 aliphatic heterocycles. The summed E-state index contributed by atoms with van der Waals surface area (Å²) in [6.45, 7) is 0. The second-order valence-electron chi connectivity index (χ2n) is 0.213. The van der Waals surface area contributed by atoms with Crippen LogP contribution in [0.1, 0.15) is 0 Å². The van der Waals surface area contributed by atoms with Crippen molar-refractivity contribution in [2.45, 2.75) is 0 Å². The van der Waals surface area contributed by atoms with Gasteiger partial charge >= 0.3 is 0 Å². The molecule has 0 aromatic rings. The van der Waals surface area contributed by atoms with Crippen molar-refractivity contribution in [3.05, 3.63) is 0 Å². The Hall–Kier alpha value is 2.01. The zero-order valence-corrected chi connectivity index (χ0v) is 8.48.